The molecule has 1 aliphatic heterocycles. The first kappa shape index (κ1) is 16.7. The number of rotatable bonds is 6. The molecule has 22 heavy (non-hydrogen) atoms. The number of nitrogens with zero attached hydrogens (tertiary/aromatic N) is 2. The number of hydrogen-bond donors (Lipinski definition) is 1. The van der Waals surface area contributed by atoms with Crippen molar-refractivity contribution in [1.82, 2.24) is 9.88 Å². The number of anilines is 1. The summed E-state index contributed by atoms with van der Waals surface area (Å²) in [6.45, 7) is 5.78. The quantitative estimate of drug-likeness (QED) is 0.807. The number of aromatic nitrogens is 1. The smallest absolute Gasteiger partial charge is 0.339 e. The number of likely N-dealkylation sites (tertiary alicyclic amines) is 1. The molecule has 1 aromatic rings. The van der Waals surface area contributed by atoms with Crippen molar-refractivity contribution < 1.29 is 14.3 Å². The molecular formula is C16H25N3O3. The number of carbonyl (C=O) groups excluding carboxylic acids is 1. The van der Waals surface area contributed by atoms with Crippen LogP contribution < -0.4 is 5.32 Å². The van der Waals surface area contributed by atoms with Crippen LogP contribution in [0.1, 0.15) is 28.9 Å². The summed E-state index contributed by atoms with van der Waals surface area (Å²) in [5.41, 5.74) is 1.19. The Hall–Kier alpha value is -1.66. The fourth-order valence-corrected chi connectivity index (χ4v) is 2.70. The lowest BCUT2D eigenvalue weighted by Crippen LogP contribution is -2.39. The molecule has 0 aromatic carbocycles. The average molecular weight is 307 g/mol. The van der Waals surface area contributed by atoms with Crippen molar-refractivity contribution in [2.75, 3.05) is 45.7 Å². The number of nitrogens with one attached hydrogen (secondary N) is 1. The van der Waals surface area contributed by atoms with Gasteiger partial charge in [-0.3, -0.25) is 0 Å². The van der Waals surface area contributed by atoms with Gasteiger partial charge in [-0.05, 0) is 31.9 Å². The molecule has 1 saturated heterocycles. The number of esters is 1. The largest absolute Gasteiger partial charge is 0.465 e. The molecular weight excluding hydrogens is 282 g/mol. The minimum absolute atomic E-state index is 0.349. The van der Waals surface area contributed by atoms with Crippen LogP contribution in [0.25, 0.3) is 0 Å². The lowest BCUT2D eigenvalue weighted by atomic mass is 10.1. The zero-order valence-electron chi connectivity index (χ0n) is 13.6. The first-order valence-corrected chi connectivity index (χ1v) is 7.69. The van der Waals surface area contributed by atoms with E-state index < -0.39 is 0 Å². The number of aryl methyl sites for hydroxylation is 1. The molecule has 122 valence electrons. The maximum absolute atomic E-state index is 11.5. The van der Waals surface area contributed by atoms with Gasteiger partial charge in [-0.25, -0.2) is 9.78 Å². The monoisotopic (exact) mass is 307 g/mol. The summed E-state index contributed by atoms with van der Waals surface area (Å²) in [6.07, 6.45) is 2.61. The third-order valence-electron chi connectivity index (χ3n) is 4.09. The van der Waals surface area contributed by atoms with Gasteiger partial charge >= 0.3 is 5.97 Å². The summed E-state index contributed by atoms with van der Waals surface area (Å²) in [6, 6.07) is 3.57. The van der Waals surface area contributed by atoms with Gasteiger partial charge in [0.25, 0.3) is 0 Å². The van der Waals surface area contributed by atoms with Gasteiger partial charge < -0.3 is 19.7 Å². The fraction of sp³-hybridized carbons (Fsp3) is 0.625. The Morgan fingerprint density at radius 2 is 2.09 bits per heavy atom. The molecule has 0 aliphatic carbocycles. The molecule has 1 aromatic heterocycles. The minimum atomic E-state index is -0.349. The number of carbonyl (C=O) groups is 1. The molecule has 1 N–H and O–H groups in total. The molecule has 6 nitrogen and oxygen atoms in total. The van der Waals surface area contributed by atoms with Crippen molar-refractivity contribution in [3.05, 3.63) is 23.4 Å². The summed E-state index contributed by atoms with van der Waals surface area (Å²) >= 11 is 0. The van der Waals surface area contributed by atoms with E-state index in [0.717, 1.165) is 44.8 Å². The average Bonchev–Trinajstić information content (AvgIpc) is 2.55. The molecule has 2 rings (SSSR count). The Morgan fingerprint density at radius 1 is 1.36 bits per heavy atom. The van der Waals surface area contributed by atoms with Crippen LogP contribution in [-0.2, 0) is 9.47 Å². The van der Waals surface area contributed by atoms with Gasteiger partial charge in [0.15, 0.2) is 0 Å². The van der Waals surface area contributed by atoms with Crippen LogP contribution >= 0.6 is 0 Å². The Balaban J connectivity index is 1.78. The van der Waals surface area contributed by atoms with Crippen LogP contribution in [0, 0.1) is 6.92 Å². The lowest BCUT2D eigenvalue weighted by Gasteiger charge is -2.31. The predicted octanol–water partition coefficient (Wildman–Crippen LogP) is 1.70. The van der Waals surface area contributed by atoms with Gasteiger partial charge in [0, 0.05) is 33.3 Å². The van der Waals surface area contributed by atoms with E-state index in [-0.39, 0.29) is 5.97 Å². The molecule has 1 fully saturated rings. The molecule has 1 aliphatic rings. The number of piperidine rings is 1. The SMILES string of the molecule is COC(=O)c1ccc(NCCN2CCC(OC)CC2)nc1C. The van der Waals surface area contributed by atoms with Crippen molar-refractivity contribution in [2.45, 2.75) is 25.9 Å². The molecule has 0 bridgehead atoms. The first-order chi connectivity index (χ1) is 10.6. The highest BCUT2D eigenvalue weighted by Crippen LogP contribution is 2.13. The number of pyridine rings is 1. The van der Waals surface area contributed by atoms with E-state index in [1.807, 2.05) is 13.0 Å². The van der Waals surface area contributed by atoms with Crippen LogP contribution in [-0.4, -0.2) is 62.4 Å². The number of ether oxygens (including phenoxy) is 2. The standard InChI is InChI=1S/C16H25N3O3/c1-12-14(16(20)22-3)4-5-15(18-12)17-8-11-19-9-6-13(21-2)7-10-19/h4-5,13H,6-11H2,1-3H3,(H,17,18). The van der Waals surface area contributed by atoms with Crippen LogP contribution in [0.4, 0.5) is 5.82 Å². The van der Waals surface area contributed by atoms with Crippen molar-refractivity contribution in [1.29, 1.82) is 0 Å². The van der Waals surface area contributed by atoms with Gasteiger partial charge in [-0.2, -0.15) is 0 Å². The van der Waals surface area contributed by atoms with Crippen molar-refractivity contribution in [3.63, 3.8) is 0 Å². The molecule has 0 radical (unpaired) electrons. The van der Waals surface area contributed by atoms with Crippen LogP contribution in [0.2, 0.25) is 0 Å². The highest BCUT2D eigenvalue weighted by Gasteiger charge is 2.18. The second kappa shape index (κ2) is 8.10. The maximum Gasteiger partial charge on any atom is 0.339 e. The highest BCUT2D eigenvalue weighted by atomic mass is 16.5. The van der Waals surface area contributed by atoms with E-state index in [0.29, 0.717) is 17.4 Å². The van der Waals surface area contributed by atoms with E-state index in [1.165, 1.54) is 7.11 Å². The Labute approximate surface area is 131 Å². The van der Waals surface area contributed by atoms with E-state index in [4.69, 9.17) is 9.47 Å². The molecule has 0 amide bonds. The summed E-state index contributed by atoms with van der Waals surface area (Å²) in [4.78, 5) is 18.3. The van der Waals surface area contributed by atoms with Crippen molar-refractivity contribution in [3.8, 4) is 0 Å². The maximum atomic E-state index is 11.5. The second-order valence-corrected chi connectivity index (χ2v) is 5.52. The number of hydrogen-bond acceptors (Lipinski definition) is 6. The van der Waals surface area contributed by atoms with E-state index in [1.54, 1.807) is 13.2 Å². The summed E-state index contributed by atoms with van der Waals surface area (Å²) in [5, 5.41) is 3.31. The van der Waals surface area contributed by atoms with E-state index >= 15 is 0 Å². The van der Waals surface area contributed by atoms with E-state index in [9.17, 15) is 4.79 Å². The zero-order chi connectivity index (χ0) is 15.9. The molecule has 0 spiro atoms. The molecule has 0 atom stereocenters. The Bertz CT molecular complexity index is 499. The fourth-order valence-electron chi connectivity index (χ4n) is 2.70. The Morgan fingerprint density at radius 3 is 2.68 bits per heavy atom. The van der Waals surface area contributed by atoms with Gasteiger partial charge in [-0.1, -0.05) is 0 Å². The van der Waals surface area contributed by atoms with Gasteiger partial charge in [-0.15, -0.1) is 0 Å². The third kappa shape index (κ3) is 4.42. The number of methoxy groups -OCH3 is 2. The normalized spacial score (nSPS) is 16.5. The second-order valence-electron chi connectivity index (χ2n) is 5.52. The van der Waals surface area contributed by atoms with Crippen molar-refractivity contribution in [2.24, 2.45) is 0 Å². The molecule has 2 heterocycles. The highest BCUT2D eigenvalue weighted by molar-refractivity contribution is 5.90. The summed E-state index contributed by atoms with van der Waals surface area (Å²) < 4.78 is 10.1. The van der Waals surface area contributed by atoms with Gasteiger partial charge in [0.05, 0.1) is 24.5 Å². The lowest BCUT2D eigenvalue weighted by molar-refractivity contribution is 0.0423. The summed E-state index contributed by atoms with van der Waals surface area (Å²) in [7, 11) is 3.16. The van der Waals surface area contributed by atoms with Gasteiger partial charge in [0.2, 0.25) is 0 Å². The van der Waals surface area contributed by atoms with Crippen LogP contribution in [0.3, 0.4) is 0 Å². The predicted molar refractivity (Wildman–Crippen MR) is 85.3 cm³/mol. The molecule has 0 unspecified atom stereocenters. The van der Waals surface area contributed by atoms with Gasteiger partial charge in [0.1, 0.15) is 5.82 Å². The van der Waals surface area contributed by atoms with Crippen molar-refractivity contribution >= 4 is 11.8 Å². The van der Waals surface area contributed by atoms with E-state index in [2.05, 4.69) is 15.2 Å². The Kier molecular flexibility index (Phi) is 6.15. The molecule has 6 heteroatoms. The molecule has 0 saturated carbocycles. The topological polar surface area (TPSA) is 63.7 Å². The van der Waals surface area contributed by atoms with Crippen LogP contribution in [0.15, 0.2) is 12.1 Å². The zero-order valence-corrected chi connectivity index (χ0v) is 13.6. The van der Waals surface area contributed by atoms with Crippen LogP contribution in [0.5, 0.6) is 0 Å². The minimum Gasteiger partial charge on any atom is -0.465 e. The summed E-state index contributed by atoms with van der Waals surface area (Å²) in [5.74, 6) is 0.439. The first-order valence-electron chi connectivity index (χ1n) is 7.69. The third-order valence-corrected chi connectivity index (χ3v) is 4.09.